The van der Waals surface area contributed by atoms with Crippen LogP contribution in [0.5, 0.6) is 0 Å². The van der Waals surface area contributed by atoms with Gasteiger partial charge in [0.2, 0.25) is 0 Å². The standard InChI is InChI=1S/C9H20N2/c1-8-3-5-11(6-4-10)7-9(8)2/h8-9H,3-7,10H2,1-2H3. The molecule has 2 N–H and O–H groups in total. The van der Waals surface area contributed by atoms with E-state index >= 15 is 0 Å². The lowest BCUT2D eigenvalue weighted by Gasteiger charge is -2.34. The zero-order valence-electron chi connectivity index (χ0n) is 7.71. The average molecular weight is 156 g/mol. The predicted octanol–water partition coefficient (Wildman–Crippen LogP) is 0.923. The summed E-state index contributed by atoms with van der Waals surface area (Å²) in [5.41, 5.74) is 5.50. The van der Waals surface area contributed by atoms with E-state index in [1.165, 1.54) is 19.5 Å². The van der Waals surface area contributed by atoms with Gasteiger partial charge in [-0.25, -0.2) is 0 Å². The smallest absolute Gasteiger partial charge is 0.0105 e. The maximum atomic E-state index is 5.50. The molecule has 2 unspecified atom stereocenters. The van der Waals surface area contributed by atoms with Gasteiger partial charge in [0, 0.05) is 19.6 Å². The molecule has 11 heavy (non-hydrogen) atoms. The first kappa shape index (κ1) is 9.01. The van der Waals surface area contributed by atoms with Gasteiger partial charge in [0.1, 0.15) is 0 Å². The number of nitrogens with two attached hydrogens (primary N) is 1. The molecule has 2 heteroatoms. The Labute approximate surface area is 69.8 Å². The normalized spacial score (nSPS) is 34.1. The van der Waals surface area contributed by atoms with Crippen LogP contribution in [0.2, 0.25) is 0 Å². The lowest BCUT2D eigenvalue weighted by molar-refractivity contribution is 0.142. The second kappa shape index (κ2) is 4.07. The quantitative estimate of drug-likeness (QED) is 0.644. The van der Waals surface area contributed by atoms with Crippen LogP contribution in [-0.2, 0) is 0 Å². The molecular weight excluding hydrogens is 136 g/mol. The van der Waals surface area contributed by atoms with Gasteiger partial charge in [0.15, 0.2) is 0 Å². The highest BCUT2D eigenvalue weighted by molar-refractivity contribution is 4.74. The highest BCUT2D eigenvalue weighted by atomic mass is 15.1. The minimum absolute atomic E-state index is 0.807. The number of piperidine rings is 1. The molecule has 0 aromatic rings. The van der Waals surface area contributed by atoms with Gasteiger partial charge in [-0.3, -0.25) is 0 Å². The van der Waals surface area contributed by atoms with Crippen molar-refractivity contribution in [1.29, 1.82) is 0 Å². The summed E-state index contributed by atoms with van der Waals surface area (Å²) < 4.78 is 0. The number of nitrogens with zero attached hydrogens (tertiary/aromatic N) is 1. The predicted molar refractivity (Wildman–Crippen MR) is 48.4 cm³/mol. The van der Waals surface area contributed by atoms with Crippen LogP contribution in [0.15, 0.2) is 0 Å². The fourth-order valence-electron chi connectivity index (χ4n) is 1.73. The summed E-state index contributed by atoms with van der Waals surface area (Å²) in [6.07, 6.45) is 1.35. The molecule has 0 aliphatic carbocycles. The van der Waals surface area contributed by atoms with Crippen molar-refractivity contribution in [2.45, 2.75) is 20.3 Å². The Kier molecular flexibility index (Phi) is 3.34. The molecule has 2 atom stereocenters. The van der Waals surface area contributed by atoms with Crippen LogP contribution >= 0.6 is 0 Å². The van der Waals surface area contributed by atoms with E-state index in [-0.39, 0.29) is 0 Å². The molecule has 1 aliphatic heterocycles. The molecule has 1 heterocycles. The Morgan fingerprint density at radius 2 is 2.09 bits per heavy atom. The molecule has 0 amide bonds. The molecule has 0 aromatic carbocycles. The van der Waals surface area contributed by atoms with Crippen LogP contribution in [0.3, 0.4) is 0 Å². The Morgan fingerprint density at radius 3 is 2.64 bits per heavy atom. The summed E-state index contributed by atoms with van der Waals surface area (Å²) in [4.78, 5) is 2.48. The molecular formula is C9H20N2. The topological polar surface area (TPSA) is 29.3 Å². The highest BCUT2D eigenvalue weighted by Gasteiger charge is 2.21. The first-order valence-corrected chi connectivity index (χ1v) is 4.66. The monoisotopic (exact) mass is 156 g/mol. The van der Waals surface area contributed by atoms with Crippen molar-refractivity contribution in [2.75, 3.05) is 26.2 Å². The summed E-state index contributed by atoms with van der Waals surface area (Å²) >= 11 is 0. The van der Waals surface area contributed by atoms with Gasteiger partial charge in [-0.1, -0.05) is 13.8 Å². The van der Waals surface area contributed by atoms with E-state index in [1.54, 1.807) is 0 Å². The maximum Gasteiger partial charge on any atom is 0.0105 e. The summed E-state index contributed by atoms with van der Waals surface area (Å²) in [5.74, 6) is 1.76. The average Bonchev–Trinajstić information content (AvgIpc) is 1.98. The van der Waals surface area contributed by atoms with Crippen molar-refractivity contribution in [3.8, 4) is 0 Å². The summed E-state index contributed by atoms with van der Waals surface area (Å²) in [6.45, 7) is 9.08. The molecule has 1 aliphatic rings. The molecule has 0 bridgehead atoms. The minimum atomic E-state index is 0.807. The van der Waals surface area contributed by atoms with E-state index in [0.717, 1.165) is 24.9 Å². The van der Waals surface area contributed by atoms with E-state index in [1.807, 2.05) is 0 Å². The zero-order chi connectivity index (χ0) is 8.27. The first-order chi connectivity index (χ1) is 5.24. The Balaban J connectivity index is 2.28. The third-order valence-electron chi connectivity index (χ3n) is 2.86. The molecule has 0 spiro atoms. The van der Waals surface area contributed by atoms with Gasteiger partial charge < -0.3 is 10.6 Å². The van der Waals surface area contributed by atoms with Crippen molar-refractivity contribution in [2.24, 2.45) is 17.6 Å². The number of hydrogen-bond donors (Lipinski definition) is 1. The van der Waals surface area contributed by atoms with Gasteiger partial charge in [-0.15, -0.1) is 0 Å². The Morgan fingerprint density at radius 1 is 1.36 bits per heavy atom. The van der Waals surface area contributed by atoms with Crippen LogP contribution in [0.25, 0.3) is 0 Å². The number of likely N-dealkylation sites (tertiary alicyclic amines) is 1. The zero-order valence-corrected chi connectivity index (χ0v) is 7.71. The van der Waals surface area contributed by atoms with Gasteiger partial charge in [0.05, 0.1) is 0 Å². The maximum absolute atomic E-state index is 5.50. The molecule has 66 valence electrons. The van der Waals surface area contributed by atoms with Crippen molar-refractivity contribution in [1.82, 2.24) is 4.90 Å². The van der Waals surface area contributed by atoms with E-state index in [2.05, 4.69) is 18.7 Å². The van der Waals surface area contributed by atoms with Crippen molar-refractivity contribution < 1.29 is 0 Å². The SMILES string of the molecule is CC1CCN(CCN)CC1C. The molecule has 1 rings (SSSR count). The van der Waals surface area contributed by atoms with Crippen LogP contribution in [-0.4, -0.2) is 31.1 Å². The van der Waals surface area contributed by atoms with E-state index in [4.69, 9.17) is 5.73 Å². The van der Waals surface area contributed by atoms with Crippen LogP contribution < -0.4 is 5.73 Å². The molecule has 0 saturated carbocycles. The summed E-state index contributed by atoms with van der Waals surface area (Å²) in [5, 5.41) is 0. The minimum Gasteiger partial charge on any atom is -0.329 e. The van der Waals surface area contributed by atoms with Gasteiger partial charge in [-0.05, 0) is 24.8 Å². The number of hydrogen-bond acceptors (Lipinski definition) is 2. The van der Waals surface area contributed by atoms with Crippen LogP contribution in [0, 0.1) is 11.8 Å². The Hall–Kier alpha value is -0.0800. The second-order valence-electron chi connectivity index (χ2n) is 3.83. The second-order valence-corrected chi connectivity index (χ2v) is 3.83. The molecule has 1 fully saturated rings. The fraction of sp³-hybridized carbons (Fsp3) is 1.00. The van der Waals surface area contributed by atoms with Gasteiger partial charge in [0.25, 0.3) is 0 Å². The largest absolute Gasteiger partial charge is 0.329 e. The lowest BCUT2D eigenvalue weighted by atomic mass is 9.89. The molecule has 1 saturated heterocycles. The van der Waals surface area contributed by atoms with Crippen molar-refractivity contribution >= 4 is 0 Å². The van der Waals surface area contributed by atoms with E-state index in [0.29, 0.717) is 0 Å². The third-order valence-corrected chi connectivity index (χ3v) is 2.86. The molecule has 2 nitrogen and oxygen atoms in total. The first-order valence-electron chi connectivity index (χ1n) is 4.66. The third kappa shape index (κ3) is 2.46. The lowest BCUT2D eigenvalue weighted by Crippen LogP contribution is -2.40. The fourth-order valence-corrected chi connectivity index (χ4v) is 1.73. The van der Waals surface area contributed by atoms with Crippen molar-refractivity contribution in [3.63, 3.8) is 0 Å². The van der Waals surface area contributed by atoms with Gasteiger partial charge in [-0.2, -0.15) is 0 Å². The highest BCUT2D eigenvalue weighted by Crippen LogP contribution is 2.21. The van der Waals surface area contributed by atoms with Gasteiger partial charge >= 0.3 is 0 Å². The van der Waals surface area contributed by atoms with Crippen LogP contribution in [0.4, 0.5) is 0 Å². The van der Waals surface area contributed by atoms with Crippen molar-refractivity contribution in [3.05, 3.63) is 0 Å². The summed E-state index contributed by atoms with van der Waals surface area (Å²) in [6, 6.07) is 0. The summed E-state index contributed by atoms with van der Waals surface area (Å²) in [7, 11) is 0. The molecule has 0 radical (unpaired) electrons. The van der Waals surface area contributed by atoms with E-state index in [9.17, 15) is 0 Å². The van der Waals surface area contributed by atoms with Crippen LogP contribution in [0.1, 0.15) is 20.3 Å². The van der Waals surface area contributed by atoms with E-state index < -0.39 is 0 Å². The number of rotatable bonds is 2. The Bertz CT molecular complexity index is 114. The molecule has 0 aromatic heterocycles.